The molecule has 1 atom stereocenters. The zero-order chi connectivity index (χ0) is 12.3. The van der Waals surface area contributed by atoms with Crippen LogP contribution in [-0.2, 0) is 0 Å². The molecule has 1 unspecified atom stereocenters. The molecule has 6 heteroatoms. The molecule has 0 bridgehead atoms. The Bertz CT molecular complexity index is 387. The molecule has 94 valence electrons. The molecule has 1 aromatic rings. The van der Waals surface area contributed by atoms with E-state index in [4.69, 9.17) is 5.73 Å². The molecule has 1 fully saturated rings. The summed E-state index contributed by atoms with van der Waals surface area (Å²) < 4.78 is 0. The molecule has 1 aliphatic rings. The normalized spacial score (nSPS) is 20.6. The van der Waals surface area contributed by atoms with E-state index < -0.39 is 0 Å². The molecule has 1 aliphatic heterocycles. The van der Waals surface area contributed by atoms with Crippen LogP contribution in [0.4, 0.5) is 0 Å². The molecular weight excluding hydrogens is 218 g/mol. The molecular formula is C11H19N5O. The highest BCUT2D eigenvalue weighted by Gasteiger charge is 2.26. The van der Waals surface area contributed by atoms with Gasteiger partial charge in [0.05, 0.1) is 0 Å². The van der Waals surface area contributed by atoms with Crippen molar-refractivity contribution >= 4 is 5.91 Å². The molecule has 0 aromatic carbocycles. The summed E-state index contributed by atoms with van der Waals surface area (Å²) in [7, 11) is 0. The lowest BCUT2D eigenvalue weighted by atomic mass is 9.95. The first kappa shape index (κ1) is 12.0. The SMILES string of the molecule is Cc1nc(C(=O)N2CCCC(CCN)C2)n[nH]1. The van der Waals surface area contributed by atoms with Crippen LogP contribution in [0.25, 0.3) is 0 Å². The number of piperidine rings is 1. The van der Waals surface area contributed by atoms with Crippen molar-refractivity contribution in [3.8, 4) is 0 Å². The van der Waals surface area contributed by atoms with Gasteiger partial charge in [0.25, 0.3) is 5.91 Å². The lowest BCUT2D eigenvalue weighted by molar-refractivity contribution is 0.0657. The number of hydrogen-bond donors (Lipinski definition) is 2. The minimum Gasteiger partial charge on any atom is -0.336 e. The predicted octanol–water partition coefficient (Wildman–Crippen LogP) is 0.314. The molecule has 2 heterocycles. The van der Waals surface area contributed by atoms with Gasteiger partial charge in [-0.2, -0.15) is 0 Å². The monoisotopic (exact) mass is 237 g/mol. The Morgan fingerprint density at radius 3 is 3.12 bits per heavy atom. The number of rotatable bonds is 3. The molecule has 0 aliphatic carbocycles. The minimum atomic E-state index is -0.0731. The van der Waals surface area contributed by atoms with Gasteiger partial charge in [-0.15, -0.1) is 5.10 Å². The fraction of sp³-hybridized carbons (Fsp3) is 0.727. The van der Waals surface area contributed by atoms with E-state index in [1.165, 1.54) is 0 Å². The van der Waals surface area contributed by atoms with Gasteiger partial charge in [0.2, 0.25) is 5.82 Å². The van der Waals surface area contributed by atoms with E-state index in [9.17, 15) is 4.79 Å². The fourth-order valence-electron chi connectivity index (χ4n) is 2.30. The maximum absolute atomic E-state index is 12.1. The molecule has 17 heavy (non-hydrogen) atoms. The highest BCUT2D eigenvalue weighted by molar-refractivity contribution is 5.90. The van der Waals surface area contributed by atoms with Crippen LogP contribution in [0.3, 0.4) is 0 Å². The lowest BCUT2D eigenvalue weighted by Gasteiger charge is -2.31. The third kappa shape index (κ3) is 2.82. The Morgan fingerprint density at radius 1 is 1.65 bits per heavy atom. The Kier molecular flexibility index (Phi) is 3.73. The molecule has 6 nitrogen and oxygen atoms in total. The summed E-state index contributed by atoms with van der Waals surface area (Å²) in [6.45, 7) is 4.06. The molecule has 1 amide bonds. The quantitative estimate of drug-likeness (QED) is 0.792. The second-order valence-electron chi connectivity index (χ2n) is 4.58. The van der Waals surface area contributed by atoms with Crippen molar-refractivity contribution in [3.05, 3.63) is 11.6 Å². The second-order valence-corrected chi connectivity index (χ2v) is 4.58. The van der Waals surface area contributed by atoms with Crippen LogP contribution in [0.15, 0.2) is 0 Å². The highest BCUT2D eigenvalue weighted by Crippen LogP contribution is 2.19. The highest BCUT2D eigenvalue weighted by atomic mass is 16.2. The standard InChI is InChI=1S/C11H19N5O/c1-8-13-10(15-14-8)11(17)16-6-2-3-9(7-16)4-5-12/h9H,2-7,12H2,1H3,(H,13,14,15). The molecule has 1 saturated heterocycles. The first-order valence-electron chi connectivity index (χ1n) is 6.09. The summed E-state index contributed by atoms with van der Waals surface area (Å²) in [6.07, 6.45) is 3.19. The van der Waals surface area contributed by atoms with Gasteiger partial charge in [-0.3, -0.25) is 9.89 Å². The molecule has 1 aromatic heterocycles. The summed E-state index contributed by atoms with van der Waals surface area (Å²) in [5, 5.41) is 6.61. The first-order valence-corrected chi connectivity index (χ1v) is 6.09. The van der Waals surface area contributed by atoms with Crippen molar-refractivity contribution in [1.82, 2.24) is 20.1 Å². The maximum Gasteiger partial charge on any atom is 0.293 e. The third-order valence-corrected chi connectivity index (χ3v) is 3.17. The Labute approximate surface area is 101 Å². The topological polar surface area (TPSA) is 87.9 Å². The Hall–Kier alpha value is -1.43. The van der Waals surface area contributed by atoms with Crippen molar-refractivity contribution in [2.24, 2.45) is 11.7 Å². The van der Waals surface area contributed by atoms with Crippen LogP contribution in [0.2, 0.25) is 0 Å². The smallest absolute Gasteiger partial charge is 0.293 e. The number of carbonyl (C=O) groups is 1. The van der Waals surface area contributed by atoms with Crippen molar-refractivity contribution in [3.63, 3.8) is 0 Å². The number of likely N-dealkylation sites (tertiary alicyclic amines) is 1. The van der Waals surface area contributed by atoms with Crippen molar-refractivity contribution < 1.29 is 4.79 Å². The molecule has 0 radical (unpaired) electrons. The van der Waals surface area contributed by atoms with E-state index in [0.717, 1.165) is 32.4 Å². The largest absolute Gasteiger partial charge is 0.336 e. The van der Waals surface area contributed by atoms with Crippen LogP contribution in [0.5, 0.6) is 0 Å². The second kappa shape index (κ2) is 5.27. The maximum atomic E-state index is 12.1. The first-order chi connectivity index (χ1) is 8.20. The van der Waals surface area contributed by atoms with E-state index >= 15 is 0 Å². The summed E-state index contributed by atoms with van der Waals surface area (Å²) in [5.41, 5.74) is 5.56. The number of H-pyrrole nitrogens is 1. The van der Waals surface area contributed by atoms with Gasteiger partial charge in [0.15, 0.2) is 0 Å². The van der Waals surface area contributed by atoms with Gasteiger partial charge in [-0.1, -0.05) is 0 Å². The van der Waals surface area contributed by atoms with Crippen LogP contribution in [0.1, 0.15) is 35.7 Å². The molecule has 0 spiro atoms. The zero-order valence-corrected chi connectivity index (χ0v) is 10.1. The zero-order valence-electron chi connectivity index (χ0n) is 10.1. The van der Waals surface area contributed by atoms with Crippen molar-refractivity contribution in [2.75, 3.05) is 19.6 Å². The van der Waals surface area contributed by atoms with Gasteiger partial charge in [0.1, 0.15) is 5.82 Å². The summed E-state index contributed by atoms with van der Waals surface area (Å²) >= 11 is 0. The molecule has 0 saturated carbocycles. The number of aromatic nitrogens is 3. The van der Waals surface area contributed by atoms with Crippen LogP contribution in [-0.4, -0.2) is 45.6 Å². The number of nitrogens with one attached hydrogen (secondary N) is 1. The third-order valence-electron chi connectivity index (χ3n) is 3.17. The molecule has 3 N–H and O–H groups in total. The molecule has 2 rings (SSSR count). The Morgan fingerprint density at radius 2 is 2.47 bits per heavy atom. The number of amides is 1. The van der Waals surface area contributed by atoms with E-state index in [-0.39, 0.29) is 11.7 Å². The number of aryl methyl sites for hydroxylation is 1. The summed E-state index contributed by atoms with van der Waals surface area (Å²) in [5.74, 6) is 1.40. The lowest BCUT2D eigenvalue weighted by Crippen LogP contribution is -2.40. The average Bonchev–Trinajstić information content (AvgIpc) is 2.76. The minimum absolute atomic E-state index is 0.0731. The summed E-state index contributed by atoms with van der Waals surface area (Å²) in [4.78, 5) is 18.0. The number of nitrogens with zero attached hydrogens (tertiary/aromatic N) is 3. The van der Waals surface area contributed by atoms with Crippen molar-refractivity contribution in [1.29, 1.82) is 0 Å². The number of carbonyl (C=O) groups excluding carboxylic acids is 1. The van der Waals surface area contributed by atoms with Gasteiger partial charge in [0, 0.05) is 13.1 Å². The number of nitrogens with two attached hydrogens (primary N) is 1. The van der Waals surface area contributed by atoms with Gasteiger partial charge in [-0.05, 0) is 38.6 Å². The predicted molar refractivity (Wildman–Crippen MR) is 63.4 cm³/mol. The van der Waals surface area contributed by atoms with E-state index in [2.05, 4.69) is 15.2 Å². The van der Waals surface area contributed by atoms with Gasteiger partial charge >= 0.3 is 0 Å². The number of aromatic amines is 1. The Balaban J connectivity index is 1.99. The number of hydrogen-bond acceptors (Lipinski definition) is 4. The van der Waals surface area contributed by atoms with Crippen LogP contribution >= 0.6 is 0 Å². The average molecular weight is 237 g/mol. The van der Waals surface area contributed by atoms with Crippen LogP contribution in [0, 0.1) is 12.8 Å². The van der Waals surface area contributed by atoms with E-state index in [1.807, 2.05) is 4.90 Å². The van der Waals surface area contributed by atoms with Crippen LogP contribution < -0.4 is 5.73 Å². The van der Waals surface area contributed by atoms with Gasteiger partial charge < -0.3 is 10.6 Å². The fourth-order valence-corrected chi connectivity index (χ4v) is 2.30. The van der Waals surface area contributed by atoms with Gasteiger partial charge in [-0.25, -0.2) is 4.98 Å². The van der Waals surface area contributed by atoms with E-state index in [1.54, 1.807) is 6.92 Å². The summed E-state index contributed by atoms with van der Waals surface area (Å²) in [6, 6.07) is 0. The van der Waals surface area contributed by atoms with E-state index in [0.29, 0.717) is 18.3 Å². The van der Waals surface area contributed by atoms with Crippen molar-refractivity contribution in [2.45, 2.75) is 26.2 Å².